The van der Waals surface area contributed by atoms with E-state index in [2.05, 4.69) is 4.98 Å². The van der Waals surface area contributed by atoms with E-state index >= 15 is 0 Å². The van der Waals surface area contributed by atoms with Gasteiger partial charge in [-0.1, -0.05) is 0 Å². The van der Waals surface area contributed by atoms with Crippen molar-refractivity contribution in [2.45, 2.75) is 26.3 Å². The van der Waals surface area contributed by atoms with Crippen LogP contribution >= 0.6 is 0 Å². The van der Waals surface area contributed by atoms with Gasteiger partial charge in [0.25, 0.3) is 11.5 Å². The standard InChI is InChI=1S/C12H17N3O5/c1-7(2)15(5-4-9(16)17)11(19)8-6-13-12(20)14(3)10(8)18/h6-7H,4-5H2,1-3H3,(H,13,20)(H,16,17). The lowest BCUT2D eigenvalue weighted by Gasteiger charge is -2.25. The van der Waals surface area contributed by atoms with Crippen LogP contribution < -0.4 is 11.2 Å². The summed E-state index contributed by atoms with van der Waals surface area (Å²) in [6.45, 7) is 3.43. The quantitative estimate of drug-likeness (QED) is 0.749. The predicted molar refractivity (Wildman–Crippen MR) is 70.7 cm³/mol. The first kappa shape index (κ1) is 15.7. The van der Waals surface area contributed by atoms with E-state index in [1.54, 1.807) is 13.8 Å². The molecule has 20 heavy (non-hydrogen) atoms. The van der Waals surface area contributed by atoms with Crippen molar-refractivity contribution in [3.05, 3.63) is 32.6 Å². The molecule has 0 fully saturated rings. The van der Waals surface area contributed by atoms with Crippen LogP contribution in [0.25, 0.3) is 0 Å². The first-order valence-electron chi connectivity index (χ1n) is 6.07. The average Bonchev–Trinajstić information content (AvgIpc) is 2.35. The van der Waals surface area contributed by atoms with Crippen LogP contribution in [0.5, 0.6) is 0 Å². The van der Waals surface area contributed by atoms with E-state index in [-0.39, 0.29) is 24.6 Å². The van der Waals surface area contributed by atoms with Crippen molar-refractivity contribution in [3.8, 4) is 0 Å². The van der Waals surface area contributed by atoms with Crippen LogP contribution in [0.3, 0.4) is 0 Å². The highest BCUT2D eigenvalue weighted by Crippen LogP contribution is 2.05. The number of aliphatic carboxylic acids is 1. The Labute approximate surface area is 114 Å². The minimum absolute atomic E-state index is 0.00584. The number of carboxylic acids is 1. The number of aromatic nitrogens is 2. The van der Waals surface area contributed by atoms with Gasteiger partial charge in [0.2, 0.25) is 0 Å². The molecule has 8 heteroatoms. The van der Waals surface area contributed by atoms with Gasteiger partial charge >= 0.3 is 11.7 Å². The number of carboxylic acid groups (broad SMARTS) is 1. The number of carbonyl (C=O) groups excluding carboxylic acids is 1. The van der Waals surface area contributed by atoms with Crippen molar-refractivity contribution in [1.29, 1.82) is 0 Å². The smallest absolute Gasteiger partial charge is 0.328 e. The Hall–Kier alpha value is -2.38. The number of nitrogens with zero attached hydrogens (tertiary/aromatic N) is 2. The summed E-state index contributed by atoms with van der Waals surface area (Å²) in [5, 5.41) is 8.68. The van der Waals surface area contributed by atoms with E-state index in [9.17, 15) is 19.2 Å². The summed E-state index contributed by atoms with van der Waals surface area (Å²) >= 11 is 0. The molecule has 0 radical (unpaired) electrons. The van der Waals surface area contributed by atoms with Crippen LogP contribution in [-0.2, 0) is 11.8 Å². The lowest BCUT2D eigenvalue weighted by Crippen LogP contribution is -2.44. The molecule has 0 aliphatic rings. The van der Waals surface area contributed by atoms with Gasteiger partial charge in [-0.05, 0) is 13.8 Å². The summed E-state index contributed by atoms with van der Waals surface area (Å²) < 4.78 is 0.795. The molecule has 1 aromatic rings. The maximum Gasteiger partial charge on any atom is 0.328 e. The third-order valence-electron chi connectivity index (χ3n) is 2.86. The zero-order chi connectivity index (χ0) is 15.4. The van der Waals surface area contributed by atoms with E-state index in [4.69, 9.17) is 5.11 Å². The van der Waals surface area contributed by atoms with Gasteiger partial charge in [-0.3, -0.25) is 19.0 Å². The van der Waals surface area contributed by atoms with Crippen LogP contribution in [0, 0.1) is 0 Å². The molecule has 110 valence electrons. The molecule has 0 aliphatic carbocycles. The molecule has 0 saturated heterocycles. The van der Waals surface area contributed by atoms with Crippen molar-refractivity contribution in [2.24, 2.45) is 7.05 Å². The van der Waals surface area contributed by atoms with E-state index in [0.717, 1.165) is 10.8 Å². The number of rotatable bonds is 5. The highest BCUT2D eigenvalue weighted by Gasteiger charge is 2.23. The average molecular weight is 283 g/mol. The predicted octanol–water partition coefficient (Wildman–Crippen LogP) is -0.601. The summed E-state index contributed by atoms with van der Waals surface area (Å²) in [6, 6.07) is -0.265. The van der Waals surface area contributed by atoms with Crippen molar-refractivity contribution in [2.75, 3.05) is 6.54 Å². The van der Waals surface area contributed by atoms with Gasteiger partial charge in [-0.2, -0.15) is 0 Å². The Balaban J connectivity index is 3.13. The molecule has 1 heterocycles. The van der Waals surface area contributed by atoms with E-state index in [1.165, 1.54) is 11.9 Å². The molecule has 1 amide bonds. The minimum Gasteiger partial charge on any atom is -0.481 e. The molecule has 1 aromatic heterocycles. The molecule has 8 nitrogen and oxygen atoms in total. The number of H-pyrrole nitrogens is 1. The second-order valence-corrected chi connectivity index (χ2v) is 4.61. The Kier molecular flexibility index (Phi) is 4.84. The number of hydrogen-bond donors (Lipinski definition) is 2. The van der Waals surface area contributed by atoms with Gasteiger partial charge in [0.15, 0.2) is 0 Å². The van der Waals surface area contributed by atoms with Crippen molar-refractivity contribution in [1.82, 2.24) is 14.5 Å². The zero-order valence-electron chi connectivity index (χ0n) is 11.5. The fraction of sp³-hybridized carbons (Fsp3) is 0.500. The minimum atomic E-state index is -1.03. The summed E-state index contributed by atoms with van der Waals surface area (Å²) in [5.41, 5.74) is -1.51. The van der Waals surface area contributed by atoms with Gasteiger partial charge in [-0.25, -0.2) is 4.79 Å². The molecular formula is C12H17N3O5. The van der Waals surface area contributed by atoms with Gasteiger partial charge < -0.3 is 15.0 Å². The number of aromatic amines is 1. The van der Waals surface area contributed by atoms with Crippen LogP contribution in [0.15, 0.2) is 15.8 Å². The Morgan fingerprint density at radius 2 is 2.00 bits per heavy atom. The molecule has 0 unspecified atom stereocenters. The Bertz CT molecular complexity index is 629. The third-order valence-corrected chi connectivity index (χ3v) is 2.86. The largest absolute Gasteiger partial charge is 0.481 e. The highest BCUT2D eigenvalue weighted by atomic mass is 16.4. The second-order valence-electron chi connectivity index (χ2n) is 4.61. The Morgan fingerprint density at radius 1 is 1.40 bits per heavy atom. The fourth-order valence-corrected chi connectivity index (χ4v) is 1.68. The normalized spacial score (nSPS) is 10.6. The fourth-order valence-electron chi connectivity index (χ4n) is 1.68. The summed E-state index contributed by atoms with van der Waals surface area (Å²) in [5.74, 6) is -1.63. The van der Waals surface area contributed by atoms with Gasteiger partial charge in [-0.15, -0.1) is 0 Å². The lowest BCUT2D eigenvalue weighted by molar-refractivity contribution is -0.137. The summed E-state index contributed by atoms with van der Waals surface area (Å²) in [7, 11) is 1.26. The molecule has 0 atom stereocenters. The van der Waals surface area contributed by atoms with Crippen molar-refractivity contribution >= 4 is 11.9 Å². The van der Waals surface area contributed by atoms with Crippen molar-refractivity contribution < 1.29 is 14.7 Å². The molecule has 2 N–H and O–H groups in total. The molecule has 0 spiro atoms. The van der Waals surface area contributed by atoms with Crippen LogP contribution in [0.1, 0.15) is 30.6 Å². The van der Waals surface area contributed by atoms with Crippen LogP contribution in [0.4, 0.5) is 0 Å². The molecule has 0 bridgehead atoms. The van der Waals surface area contributed by atoms with E-state index < -0.39 is 23.1 Å². The number of nitrogens with one attached hydrogen (secondary N) is 1. The number of carbonyl (C=O) groups is 2. The number of hydrogen-bond acceptors (Lipinski definition) is 4. The maximum absolute atomic E-state index is 12.3. The van der Waals surface area contributed by atoms with Gasteiger partial charge in [0.05, 0.1) is 6.42 Å². The Morgan fingerprint density at radius 3 is 2.50 bits per heavy atom. The maximum atomic E-state index is 12.3. The second kappa shape index (κ2) is 6.18. The molecule has 1 rings (SSSR count). The van der Waals surface area contributed by atoms with Gasteiger partial charge in [0, 0.05) is 25.8 Å². The molecule has 0 saturated carbocycles. The van der Waals surface area contributed by atoms with Crippen LogP contribution in [-0.4, -0.2) is 44.0 Å². The van der Waals surface area contributed by atoms with Crippen LogP contribution in [0.2, 0.25) is 0 Å². The monoisotopic (exact) mass is 283 g/mol. The molecular weight excluding hydrogens is 266 g/mol. The highest BCUT2D eigenvalue weighted by molar-refractivity contribution is 5.93. The first-order valence-corrected chi connectivity index (χ1v) is 6.07. The number of amides is 1. The first-order chi connectivity index (χ1) is 9.25. The SMILES string of the molecule is CC(C)N(CCC(=O)O)C(=O)c1c[nH]c(=O)n(C)c1=O. The topological polar surface area (TPSA) is 112 Å². The lowest BCUT2D eigenvalue weighted by atomic mass is 10.2. The van der Waals surface area contributed by atoms with E-state index in [1.807, 2.05) is 0 Å². The third kappa shape index (κ3) is 3.34. The van der Waals surface area contributed by atoms with Gasteiger partial charge in [0.1, 0.15) is 5.56 Å². The van der Waals surface area contributed by atoms with E-state index in [0.29, 0.717) is 0 Å². The summed E-state index contributed by atoms with van der Waals surface area (Å²) in [6.07, 6.45) is 0.844. The zero-order valence-corrected chi connectivity index (χ0v) is 11.5. The molecule has 0 aromatic carbocycles. The molecule has 0 aliphatic heterocycles. The van der Waals surface area contributed by atoms with Crippen molar-refractivity contribution in [3.63, 3.8) is 0 Å². The summed E-state index contributed by atoms with van der Waals surface area (Å²) in [4.78, 5) is 49.6.